The van der Waals surface area contributed by atoms with Gasteiger partial charge in [0.25, 0.3) is 5.92 Å². The van der Waals surface area contributed by atoms with Crippen molar-refractivity contribution in [3.63, 3.8) is 0 Å². The van der Waals surface area contributed by atoms with E-state index in [1.165, 1.54) is 0 Å². The van der Waals surface area contributed by atoms with Crippen molar-refractivity contribution in [1.29, 1.82) is 0 Å². The van der Waals surface area contributed by atoms with Gasteiger partial charge in [0.1, 0.15) is 0 Å². The molecule has 0 aromatic heterocycles. The predicted molar refractivity (Wildman–Crippen MR) is 33.4 cm³/mol. The van der Waals surface area contributed by atoms with Crippen molar-refractivity contribution in [2.75, 3.05) is 11.8 Å². The van der Waals surface area contributed by atoms with Crippen molar-refractivity contribution in [3.8, 4) is 0 Å². The molecule has 0 aliphatic heterocycles. The maximum Gasteiger partial charge on any atom is 0.257 e. The molecular formula is C5H6Cl2F2. The zero-order chi connectivity index (χ0) is 7.07. The molecule has 0 saturated heterocycles. The van der Waals surface area contributed by atoms with Crippen LogP contribution in [0.5, 0.6) is 0 Å². The maximum atomic E-state index is 12.3. The van der Waals surface area contributed by atoms with E-state index in [1.54, 1.807) is 0 Å². The molecule has 0 spiro atoms. The zero-order valence-corrected chi connectivity index (χ0v) is 6.09. The zero-order valence-electron chi connectivity index (χ0n) is 4.58. The Morgan fingerprint density at radius 1 is 1.11 bits per heavy atom. The molecular weight excluding hydrogens is 169 g/mol. The van der Waals surface area contributed by atoms with E-state index in [0.29, 0.717) is 0 Å². The van der Waals surface area contributed by atoms with E-state index < -0.39 is 17.8 Å². The maximum absolute atomic E-state index is 12.3. The van der Waals surface area contributed by atoms with Crippen molar-refractivity contribution in [2.45, 2.75) is 5.92 Å². The Kier molecular flexibility index (Phi) is 1.88. The molecule has 1 fully saturated rings. The summed E-state index contributed by atoms with van der Waals surface area (Å²) in [5, 5.41) is 0. The van der Waals surface area contributed by atoms with E-state index in [9.17, 15) is 8.78 Å². The average Bonchev–Trinajstić information content (AvgIpc) is 2.32. The van der Waals surface area contributed by atoms with Gasteiger partial charge in [0, 0.05) is 23.6 Å². The van der Waals surface area contributed by atoms with Gasteiger partial charge in [-0.2, -0.15) is 0 Å². The minimum absolute atomic E-state index is 0.0182. The third-order valence-electron chi connectivity index (χ3n) is 1.70. The lowest BCUT2D eigenvalue weighted by Crippen LogP contribution is -1.95. The molecule has 0 nitrogen and oxygen atoms in total. The standard InChI is InChI=1S/C5H6Cl2F2/c6-1-3-4(2-7)5(3,8)9/h3-4H,1-2H2. The highest BCUT2D eigenvalue weighted by Crippen LogP contribution is 2.55. The Hall–Kier alpha value is 0.440. The minimum atomic E-state index is -2.58. The SMILES string of the molecule is FC1(F)C(CCl)C1CCl. The van der Waals surface area contributed by atoms with Gasteiger partial charge in [0.15, 0.2) is 0 Å². The second-order valence-electron chi connectivity index (χ2n) is 2.20. The van der Waals surface area contributed by atoms with Crippen LogP contribution in [-0.2, 0) is 0 Å². The molecule has 4 heteroatoms. The van der Waals surface area contributed by atoms with Crippen molar-refractivity contribution in [3.05, 3.63) is 0 Å². The molecule has 0 N–H and O–H groups in total. The molecule has 2 unspecified atom stereocenters. The Morgan fingerprint density at radius 3 is 1.56 bits per heavy atom. The predicted octanol–water partition coefficient (Wildman–Crippen LogP) is 2.35. The second kappa shape index (κ2) is 2.24. The minimum Gasteiger partial charge on any atom is -0.206 e. The van der Waals surface area contributed by atoms with Crippen LogP contribution in [0, 0.1) is 11.8 Å². The molecule has 0 aromatic rings. The quantitative estimate of drug-likeness (QED) is 0.565. The van der Waals surface area contributed by atoms with E-state index in [2.05, 4.69) is 0 Å². The number of halogens is 4. The number of alkyl halides is 4. The van der Waals surface area contributed by atoms with Crippen LogP contribution in [0.25, 0.3) is 0 Å². The summed E-state index contributed by atoms with van der Waals surface area (Å²) in [7, 11) is 0. The van der Waals surface area contributed by atoms with Crippen LogP contribution in [0.3, 0.4) is 0 Å². The van der Waals surface area contributed by atoms with E-state index in [-0.39, 0.29) is 11.8 Å². The largest absolute Gasteiger partial charge is 0.257 e. The molecule has 1 aliphatic carbocycles. The van der Waals surface area contributed by atoms with Crippen LogP contribution in [0.4, 0.5) is 8.78 Å². The lowest BCUT2D eigenvalue weighted by molar-refractivity contribution is 0.0901. The second-order valence-corrected chi connectivity index (χ2v) is 2.81. The van der Waals surface area contributed by atoms with Crippen LogP contribution < -0.4 is 0 Å². The molecule has 54 valence electrons. The molecule has 1 rings (SSSR count). The van der Waals surface area contributed by atoms with Crippen LogP contribution in [0.2, 0.25) is 0 Å². The lowest BCUT2D eigenvalue weighted by atomic mass is 10.4. The van der Waals surface area contributed by atoms with E-state index in [1.807, 2.05) is 0 Å². The van der Waals surface area contributed by atoms with Crippen molar-refractivity contribution < 1.29 is 8.78 Å². The highest BCUT2D eigenvalue weighted by Gasteiger charge is 2.66. The van der Waals surface area contributed by atoms with E-state index in [4.69, 9.17) is 23.2 Å². The Labute approximate surface area is 62.1 Å². The smallest absolute Gasteiger partial charge is 0.206 e. The first-order valence-corrected chi connectivity index (χ1v) is 3.71. The summed E-state index contributed by atoms with van der Waals surface area (Å²) in [6.07, 6.45) is 0. The summed E-state index contributed by atoms with van der Waals surface area (Å²) >= 11 is 10.4. The summed E-state index contributed by atoms with van der Waals surface area (Å²) in [5.74, 6) is -3.88. The molecule has 0 heterocycles. The normalized spacial score (nSPS) is 38.7. The molecule has 9 heavy (non-hydrogen) atoms. The summed E-state index contributed by atoms with van der Waals surface area (Å²) in [6.45, 7) is 0. The van der Waals surface area contributed by atoms with Crippen LogP contribution in [0.15, 0.2) is 0 Å². The highest BCUT2D eigenvalue weighted by atomic mass is 35.5. The summed E-state index contributed by atoms with van der Waals surface area (Å²) < 4.78 is 24.6. The fraction of sp³-hybridized carbons (Fsp3) is 1.00. The Balaban J connectivity index is 2.45. The topological polar surface area (TPSA) is 0 Å². The van der Waals surface area contributed by atoms with Gasteiger partial charge in [-0.05, 0) is 0 Å². The molecule has 1 aliphatic rings. The van der Waals surface area contributed by atoms with Gasteiger partial charge in [0.05, 0.1) is 0 Å². The summed E-state index contributed by atoms with van der Waals surface area (Å²) in [5.41, 5.74) is 0. The van der Waals surface area contributed by atoms with Crippen molar-refractivity contribution >= 4 is 23.2 Å². The Morgan fingerprint density at radius 2 is 1.44 bits per heavy atom. The first kappa shape index (κ1) is 7.55. The number of hydrogen-bond donors (Lipinski definition) is 0. The highest BCUT2D eigenvalue weighted by molar-refractivity contribution is 6.19. The van der Waals surface area contributed by atoms with Crippen LogP contribution >= 0.6 is 23.2 Å². The van der Waals surface area contributed by atoms with E-state index in [0.717, 1.165) is 0 Å². The fourth-order valence-corrected chi connectivity index (χ4v) is 1.72. The molecule has 0 aromatic carbocycles. The van der Waals surface area contributed by atoms with Crippen molar-refractivity contribution in [1.82, 2.24) is 0 Å². The fourth-order valence-electron chi connectivity index (χ4n) is 0.881. The summed E-state index contributed by atoms with van der Waals surface area (Å²) in [4.78, 5) is 0. The average molecular weight is 175 g/mol. The van der Waals surface area contributed by atoms with Gasteiger partial charge < -0.3 is 0 Å². The third-order valence-corrected chi connectivity index (χ3v) is 2.36. The van der Waals surface area contributed by atoms with Gasteiger partial charge in [-0.1, -0.05) is 0 Å². The van der Waals surface area contributed by atoms with Crippen LogP contribution in [0.1, 0.15) is 0 Å². The van der Waals surface area contributed by atoms with Gasteiger partial charge in [-0.25, -0.2) is 8.78 Å². The first-order chi connectivity index (χ1) is 4.14. The Bertz CT molecular complexity index is 104. The monoisotopic (exact) mass is 174 g/mol. The first-order valence-electron chi connectivity index (χ1n) is 2.64. The van der Waals surface area contributed by atoms with Crippen molar-refractivity contribution in [2.24, 2.45) is 11.8 Å². The molecule has 0 amide bonds. The molecule has 0 bridgehead atoms. The number of rotatable bonds is 2. The van der Waals surface area contributed by atoms with Crippen LogP contribution in [-0.4, -0.2) is 17.7 Å². The molecule has 0 radical (unpaired) electrons. The van der Waals surface area contributed by atoms with E-state index >= 15 is 0 Å². The molecule has 2 atom stereocenters. The molecule has 1 saturated carbocycles. The number of hydrogen-bond acceptors (Lipinski definition) is 0. The van der Waals surface area contributed by atoms with Gasteiger partial charge in [0.2, 0.25) is 0 Å². The lowest BCUT2D eigenvalue weighted by Gasteiger charge is -1.87. The summed E-state index contributed by atoms with van der Waals surface area (Å²) in [6, 6.07) is 0. The van der Waals surface area contributed by atoms with Gasteiger partial charge in [-0.3, -0.25) is 0 Å². The van der Waals surface area contributed by atoms with Gasteiger partial charge in [-0.15, -0.1) is 23.2 Å². The third kappa shape index (κ3) is 1.03. The van der Waals surface area contributed by atoms with Gasteiger partial charge >= 0.3 is 0 Å².